The molecule has 0 aliphatic carbocycles. The molecule has 0 amide bonds. The highest BCUT2D eigenvalue weighted by Crippen LogP contribution is 2.13. The maximum absolute atomic E-state index is 5.13. The van der Waals surface area contributed by atoms with Gasteiger partial charge in [0.1, 0.15) is 0 Å². The molecular weight excluding hydrogens is 196 g/mol. The molecule has 2 heteroatoms. The summed E-state index contributed by atoms with van der Waals surface area (Å²) >= 11 is 9.37. The van der Waals surface area contributed by atoms with Crippen LogP contribution in [0.3, 0.4) is 0 Å². The zero-order valence-electron chi connectivity index (χ0n) is 7.95. The third-order valence-electron chi connectivity index (χ3n) is 2.17. The van der Waals surface area contributed by atoms with Crippen molar-refractivity contribution < 1.29 is 0 Å². The monoisotopic (exact) mass is 210 g/mol. The van der Waals surface area contributed by atoms with E-state index >= 15 is 0 Å². The van der Waals surface area contributed by atoms with E-state index in [1.54, 1.807) is 0 Å². The molecule has 0 saturated heterocycles. The van der Waals surface area contributed by atoms with Crippen LogP contribution in [0.5, 0.6) is 0 Å². The fourth-order valence-electron chi connectivity index (χ4n) is 1.13. The Morgan fingerprint density at radius 1 is 1.38 bits per heavy atom. The van der Waals surface area contributed by atoms with Crippen molar-refractivity contribution in [2.75, 3.05) is 0 Å². The molecule has 1 rings (SSSR count). The van der Waals surface area contributed by atoms with Gasteiger partial charge in [0.2, 0.25) is 0 Å². The molecule has 0 heterocycles. The van der Waals surface area contributed by atoms with Crippen molar-refractivity contribution in [3.8, 4) is 0 Å². The van der Waals surface area contributed by atoms with Crippen LogP contribution in [0, 0.1) is 5.92 Å². The normalized spacial score (nSPS) is 12.5. The molecule has 0 radical (unpaired) electrons. The quantitative estimate of drug-likeness (QED) is 0.588. The molecule has 0 nitrogen and oxygen atoms in total. The summed E-state index contributed by atoms with van der Waals surface area (Å²) in [6.45, 7) is 4.17. The zero-order chi connectivity index (χ0) is 9.84. The van der Waals surface area contributed by atoms with Crippen molar-refractivity contribution in [2.45, 2.75) is 25.2 Å². The molecule has 1 aromatic carbocycles. The molecule has 0 bridgehead atoms. The highest BCUT2D eigenvalue weighted by Gasteiger charge is 2.04. The predicted octanol–water partition coefficient (Wildman–Crippen LogP) is 3.54. The molecule has 0 N–H and O–H groups in total. The molecule has 1 atom stereocenters. The average molecular weight is 210 g/mol. The van der Waals surface area contributed by atoms with Crippen LogP contribution in [0.15, 0.2) is 29.2 Å². The van der Waals surface area contributed by atoms with Gasteiger partial charge in [-0.3, -0.25) is 0 Å². The van der Waals surface area contributed by atoms with Gasteiger partial charge >= 0.3 is 0 Å². The Balaban J connectivity index is 2.64. The molecule has 0 aromatic heterocycles. The summed E-state index contributed by atoms with van der Waals surface area (Å²) < 4.78 is 0. The summed E-state index contributed by atoms with van der Waals surface area (Å²) in [6, 6.07) is 8.25. The number of thiocarbonyl (C=S) groups is 1. The molecule has 13 heavy (non-hydrogen) atoms. The van der Waals surface area contributed by atoms with Crippen molar-refractivity contribution in [3.63, 3.8) is 0 Å². The smallest absolute Gasteiger partial charge is 0.00401 e. The van der Waals surface area contributed by atoms with Gasteiger partial charge in [-0.1, -0.05) is 31.3 Å². The molecule has 1 aromatic rings. The van der Waals surface area contributed by atoms with E-state index in [4.69, 9.17) is 12.2 Å². The minimum Gasteiger partial charge on any atom is -0.143 e. The lowest BCUT2D eigenvalue weighted by Gasteiger charge is -2.09. The van der Waals surface area contributed by atoms with Gasteiger partial charge in [-0.05, 0) is 41.8 Å². The number of thiol groups is 1. The lowest BCUT2D eigenvalue weighted by Crippen LogP contribution is -2.07. The molecule has 0 spiro atoms. The second-order valence-corrected chi connectivity index (χ2v) is 4.54. The van der Waals surface area contributed by atoms with Gasteiger partial charge < -0.3 is 0 Å². The highest BCUT2D eigenvalue weighted by atomic mass is 32.1. The van der Waals surface area contributed by atoms with E-state index in [2.05, 4.69) is 31.7 Å². The van der Waals surface area contributed by atoms with Crippen molar-refractivity contribution in [1.82, 2.24) is 0 Å². The Morgan fingerprint density at radius 3 is 2.38 bits per heavy atom. The first-order valence-corrected chi connectivity index (χ1v) is 5.23. The fourth-order valence-corrected chi connectivity index (χ4v) is 1.36. The lowest BCUT2D eigenvalue weighted by molar-refractivity contribution is 0.774. The first kappa shape index (κ1) is 10.7. The summed E-state index contributed by atoms with van der Waals surface area (Å²) in [5.41, 5.74) is 1.33. The molecule has 0 aliphatic heterocycles. The summed E-state index contributed by atoms with van der Waals surface area (Å²) in [7, 11) is 0. The van der Waals surface area contributed by atoms with Gasteiger partial charge in [-0.2, -0.15) is 0 Å². The third kappa shape index (κ3) is 3.49. The van der Waals surface area contributed by atoms with Gasteiger partial charge in [-0.15, -0.1) is 12.6 Å². The lowest BCUT2D eigenvalue weighted by atomic mass is 9.99. The van der Waals surface area contributed by atoms with Crippen molar-refractivity contribution >= 4 is 29.7 Å². The topological polar surface area (TPSA) is 0 Å². The van der Waals surface area contributed by atoms with Crippen LogP contribution in [0.4, 0.5) is 0 Å². The van der Waals surface area contributed by atoms with Gasteiger partial charge in [-0.25, -0.2) is 0 Å². The largest absolute Gasteiger partial charge is 0.143 e. The third-order valence-corrected chi connectivity index (χ3v) is 2.87. The average Bonchev–Trinajstić information content (AvgIpc) is 2.08. The SMILES string of the molecule is CC(=S)C(C)Cc1ccc(S)cc1. The fraction of sp³-hybridized carbons (Fsp3) is 0.364. The molecular formula is C11H14S2. The Kier molecular flexibility index (Phi) is 3.94. The number of benzene rings is 1. The van der Waals surface area contributed by atoms with Crippen LogP contribution in [-0.2, 0) is 6.42 Å². The summed E-state index contributed by atoms with van der Waals surface area (Å²) in [4.78, 5) is 2.09. The first-order chi connectivity index (χ1) is 6.09. The minimum absolute atomic E-state index is 0.487. The molecule has 1 unspecified atom stereocenters. The Hall–Kier alpha value is -0.340. The van der Waals surface area contributed by atoms with E-state index in [1.165, 1.54) is 5.56 Å². The van der Waals surface area contributed by atoms with Crippen LogP contribution in [0.1, 0.15) is 19.4 Å². The van der Waals surface area contributed by atoms with Crippen LogP contribution in [0.2, 0.25) is 0 Å². The van der Waals surface area contributed by atoms with E-state index in [9.17, 15) is 0 Å². The first-order valence-electron chi connectivity index (χ1n) is 4.38. The molecule has 0 saturated carbocycles. The van der Waals surface area contributed by atoms with E-state index in [-0.39, 0.29) is 0 Å². The number of hydrogen-bond acceptors (Lipinski definition) is 2. The van der Waals surface area contributed by atoms with Crippen LogP contribution in [0.25, 0.3) is 0 Å². The summed E-state index contributed by atoms with van der Waals surface area (Å²) in [6.07, 6.45) is 1.03. The highest BCUT2D eigenvalue weighted by molar-refractivity contribution is 7.80. The maximum Gasteiger partial charge on any atom is 0.00401 e. The summed E-state index contributed by atoms with van der Waals surface area (Å²) in [5, 5.41) is 0. The van der Waals surface area contributed by atoms with Gasteiger partial charge in [0, 0.05) is 4.90 Å². The Morgan fingerprint density at radius 2 is 1.92 bits per heavy atom. The van der Waals surface area contributed by atoms with Crippen molar-refractivity contribution in [1.29, 1.82) is 0 Å². The number of hydrogen-bond donors (Lipinski definition) is 1. The standard InChI is InChI=1S/C11H14S2/c1-8(9(2)12)7-10-3-5-11(13)6-4-10/h3-6,8,13H,7H2,1-2H3. The molecule has 0 fully saturated rings. The number of rotatable bonds is 3. The minimum atomic E-state index is 0.487. The van der Waals surface area contributed by atoms with Gasteiger partial charge in [0.05, 0.1) is 0 Å². The molecule has 0 aliphatic rings. The van der Waals surface area contributed by atoms with Crippen molar-refractivity contribution in [2.24, 2.45) is 5.92 Å². The van der Waals surface area contributed by atoms with Crippen LogP contribution in [-0.4, -0.2) is 4.86 Å². The second kappa shape index (κ2) is 4.77. The molecule has 70 valence electrons. The predicted molar refractivity (Wildman–Crippen MR) is 64.8 cm³/mol. The van der Waals surface area contributed by atoms with Gasteiger partial charge in [0.25, 0.3) is 0 Å². The van der Waals surface area contributed by atoms with Crippen LogP contribution >= 0.6 is 24.8 Å². The Labute approximate surface area is 90.8 Å². The second-order valence-electron chi connectivity index (χ2n) is 3.38. The van der Waals surface area contributed by atoms with E-state index in [1.807, 2.05) is 19.1 Å². The van der Waals surface area contributed by atoms with Crippen molar-refractivity contribution in [3.05, 3.63) is 29.8 Å². The van der Waals surface area contributed by atoms with E-state index in [0.717, 1.165) is 16.2 Å². The summed E-state index contributed by atoms with van der Waals surface area (Å²) in [5.74, 6) is 0.487. The van der Waals surface area contributed by atoms with Gasteiger partial charge in [0.15, 0.2) is 0 Å². The Bertz CT molecular complexity index is 287. The zero-order valence-corrected chi connectivity index (χ0v) is 9.66. The van der Waals surface area contributed by atoms with Crippen LogP contribution < -0.4 is 0 Å². The van der Waals surface area contributed by atoms with E-state index < -0.39 is 0 Å². The van der Waals surface area contributed by atoms with E-state index in [0.29, 0.717) is 5.92 Å². The maximum atomic E-state index is 5.13.